The minimum absolute atomic E-state index is 0.0126. The van der Waals surface area contributed by atoms with Gasteiger partial charge in [0.05, 0.1) is 19.3 Å². The van der Waals surface area contributed by atoms with E-state index >= 15 is 0 Å². The molecule has 0 saturated heterocycles. The van der Waals surface area contributed by atoms with Gasteiger partial charge in [0.15, 0.2) is 5.96 Å². The topological polar surface area (TPSA) is 282 Å². The number of amides is 3. The number of carbonyl (C=O) groups excluding carboxylic acids is 3. The van der Waals surface area contributed by atoms with Crippen molar-refractivity contribution < 1.29 is 34.5 Å². The summed E-state index contributed by atoms with van der Waals surface area (Å²) >= 11 is 0. The van der Waals surface area contributed by atoms with E-state index in [4.69, 9.17) is 22.9 Å². The van der Waals surface area contributed by atoms with E-state index in [0.717, 1.165) is 0 Å². The Morgan fingerprint density at radius 1 is 0.788 bits per heavy atom. The van der Waals surface area contributed by atoms with Gasteiger partial charge in [-0.25, -0.2) is 4.79 Å². The number of hydrogen-bond acceptors (Lipinski definition) is 9. The average Bonchev–Trinajstić information content (AvgIpc) is 2.76. The Kier molecular flexibility index (Phi) is 15.1. The molecule has 15 heteroatoms. The molecular formula is C18H36N8O7. The van der Waals surface area contributed by atoms with Crippen LogP contribution in [0, 0.1) is 0 Å². The van der Waals surface area contributed by atoms with E-state index in [1.807, 2.05) is 0 Å². The Bertz CT molecular complexity index is 672. The van der Waals surface area contributed by atoms with Crippen LogP contribution in [-0.2, 0) is 19.2 Å². The van der Waals surface area contributed by atoms with Gasteiger partial charge in [0, 0.05) is 6.54 Å². The van der Waals surface area contributed by atoms with Crippen LogP contribution in [-0.4, -0.2) is 95.4 Å². The highest BCUT2D eigenvalue weighted by Gasteiger charge is 2.29. The number of aliphatic imine (C=N–C) groups is 1. The third-order valence-corrected chi connectivity index (χ3v) is 4.50. The van der Waals surface area contributed by atoms with E-state index < -0.39 is 61.1 Å². The van der Waals surface area contributed by atoms with Gasteiger partial charge in [0.25, 0.3) is 0 Å². The Balaban J connectivity index is 4.89. The lowest BCUT2D eigenvalue weighted by molar-refractivity contribution is -0.142. The zero-order chi connectivity index (χ0) is 25.4. The maximum absolute atomic E-state index is 12.4. The van der Waals surface area contributed by atoms with Crippen LogP contribution in [0.3, 0.4) is 0 Å². The van der Waals surface area contributed by atoms with Gasteiger partial charge in [-0.1, -0.05) is 6.42 Å². The first-order valence-corrected chi connectivity index (χ1v) is 10.4. The van der Waals surface area contributed by atoms with Crippen molar-refractivity contribution in [3.05, 3.63) is 0 Å². The van der Waals surface area contributed by atoms with Crippen molar-refractivity contribution in [3.63, 3.8) is 0 Å². The number of nitrogens with two attached hydrogens (primary N) is 4. The summed E-state index contributed by atoms with van der Waals surface area (Å²) in [6, 6.07) is -5.21. The molecular weight excluding hydrogens is 440 g/mol. The molecule has 0 spiro atoms. The molecule has 0 aromatic heterocycles. The number of aliphatic hydroxyl groups is 2. The predicted molar refractivity (Wildman–Crippen MR) is 118 cm³/mol. The Morgan fingerprint density at radius 3 is 1.76 bits per heavy atom. The summed E-state index contributed by atoms with van der Waals surface area (Å²) in [5, 5.41) is 34.8. The van der Waals surface area contributed by atoms with Crippen LogP contribution < -0.4 is 38.9 Å². The molecule has 0 fully saturated rings. The molecule has 0 aliphatic rings. The van der Waals surface area contributed by atoms with Crippen molar-refractivity contribution in [2.75, 3.05) is 26.3 Å². The highest BCUT2D eigenvalue weighted by molar-refractivity contribution is 5.94. The third-order valence-electron chi connectivity index (χ3n) is 4.50. The molecule has 0 radical (unpaired) electrons. The molecule has 0 rings (SSSR count). The smallest absolute Gasteiger partial charge is 0.326 e. The second kappa shape index (κ2) is 16.6. The molecule has 3 amide bonds. The fourth-order valence-electron chi connectivity index (χ4n) is 2.61. The summed E-state index contributed by atoms with van der Waals surface area (Å²) in [6.07, 6.45) is 1.83. The average molecular weight is 477 g/mol. The van der Waals surface area contributed by atoms with E-state index in [0.29, 0.717) is 25.8 Å². The van der Waals surface area contributed by atoms with Gasteiger partial charge < -0.3 is 54.2 Å². The zero-order valence-corrected chi connectivity index (χ0v) is 18.4. The first kappa shape index (κ1) is 30.0. The first-order chi connectivity index (χ1) is 15.6. The lowest BCUT2D eigenvalue weighted by Gasteiger charge is -2.23. The molecule has 0 unspecified atom stereocenters. The minimum atomic E-state index is -1.53. The number of carboxylic acid groups (broad SMARTS) is 1. The number of nitrogens with one attached hydrogen (secondary N) is 3. The molecule has 0 aliphatic carbocycles. The quantitative estimate of drug-likeness (QED) is 0.0538. The predicted octanol–water partition coefficient (Wildman–Crippen LogP) is -4.98. The van der Waals surface area contributed by atoms with E-state index in [9.17, 15) is 34.5 Å². The van der Waals surface area contributed by atoms with Gasteiger partial charge >= 0.3 is 5.97 Å². The van der Waals surface area contributed by atoms with Crippen LogP contribution in [0.2, 0.25) is 0 Å². The molecule has 4 atom stereocenters. The molecule has 190 valence electrons. The Morgan fingerprint density at radius 2 is 1.30 bits per heavy atom. The lowest BCUT2D eigenvalue weighted by atomic mass is 10.1. The summed E-state index contributed by atoms with van der Waals surface area (Å²) in [5.41, 5.74) is 21.5. The van der Waals surface area contributed by atoms with Gasteiger partial charge in [0.2, 0.25) is 17.7 Å². The van der Waals surface area contributed by atoms with Crippen molar-refractivity contribution in [1.82, 2.24) is 16.0 Å². The number of guanidine groups is 1. The first-order valence-electron chi connectivity index (χ1n) is 10.4. The lowest BCUT2D eigenvalue weighted by Crippen LogP contribution is -2.59. The summed E-state index contributed by atoms with van der Waals surface area (Å²) in [6.45, 7) is -1.06. The van der Waals surface area contributed by atoms with Crippen LogP contribution in [0.5, 0.6) is 0 Å². The second-order valence-corrected chi connectivity index (χ2v) is 7.23. The standard InChI is InChI=1S/C18H36N8O7/c19-6-2-1-4-10(20)14(29)25-12(8-27)16(31)26-13(9-28)15(30)24-11(17(32)33)5-3-7-23-18(21)22/h10-13,27-28H,1-9,19-20H2,(H,24,30)(H,25,29)(H,26,31)(H,32,33)(H4,21,22,23)/t10-,11-,12-,13-/m0/s1. The van der Waals surface area contributed by atoms with Gasteiger partial charge in [-0.05, 0) is 32.2 Å². The maximum atomic E-state index is 12.4. The molecule has 0 aromatic carbocycles. The minimum Gasteiger partial charge on any atom is -0.480 e. The van der Waals surface area contributed by atoms with Crippen molar-refractivity contribution in [3.8, 4) is 0 Å². The zero-order valence-electron chi connectivity index (χ0n) is 18.4. The molecule has 14 N–H and O–H groups in total. The third kappa shape index (κ3) is 12.6. The van der Waals surface area contributed by atoms with E-state index in [1.54, 1.807) is 0 Å². The fourth-order valence-corrected chi connectivity index (χ4v) is 2.61. The molecule has 0 bridgehead atoms. The van der Waals surface area contributed by atoms with Gasteiger partial charge in [-0.3, -0.25) is 19.4 Å². The molecule has 0 aromatic rings. The maximum Gasteiger partial charge on any atom is 0.326 e. The summed E-state index contributed by atoms with van der Waals surface area (Å²) in [7, 11) is 0. The van der Waals surface area contributed by atoms with Gasteiger partial charge in [0.1, 0.15) is 18.1 Å². The van der Waals surface area contributed by atoms with Crippen molar-refractivity contribution in [1.29, 1.82) is 0 Å². The summed E-state index contributed by atoms with van der Waals surface area (Å²) in [4.78, 5) is 51.9. The van der Waals surface area contributed by atoms with E-state index in [2.05, 4.69) is 20.9 Å². The normalized spacial score (nSPS) is 14.3. The van der Waals surface area contributed by atoms with Gasteiger partial charge in [-0.2, -0.15) is 0 Å². The van der Waals surface area contributed by atoms with Crippen LogP contribution in [0.1, 0.15) is 32.1 Å². The number of carboxylic acids is 1. The number of hydrogen-bond donors (Lipinski definition) is 10. The van der Waals surface area contributed by atoms with E-state index in [-0.39, 0.29) is 25.3 Å². The van der Waals surface area contributed by atoms with Crippen LogP contribution in [0.25, 0.3) is 0 Å². The molecule has 33 heavy (non-hydrogen) atoms. The SMILES string of the molecule is NCCCC[C@H](N)C(=O)N[C@@H](CO)C(=O)N[C@@H](CO)C(=O)N[C@@H](CCCN=C(N)N)C(=O)O. The van der Waals surface area contributed by atoms with Crippen LogP contribution in [0.4, 0.5) is 0 Å². The number of aliphatic hydroxyl groups excluding tert-OH is 2. The summed E-state index contributed by atoms with van der Waals surface area (Å²) < 4.78 is 0. The number of rotatable bonds is 17. The largest absolute Gasteiger partial charge is 0.480 e. The van der Waals surface area contributed by atoms with Crippen molar-refractivity contribution in [2.24, 2.45) is 27.9 Å². The number of unbranched alkanes of at least 4 members (excludes halogenated alkanes) is 1. The second-order valence-electron chi connectivity index (χ2n) is 7.23. The number of aliphatic carboxylic acids is 1. The highest BCUT2D eigenvalue weighted by Crippen LogP contribution is 2.01. The number of carbonyl (C=O) groups is 4. The molecule has 0 aliphatic heterocycles. The van der Waals surface area contributed by atoms with Gasteiger partial charge in [-0.15, -0.1) is 0 Å². The molecule has 0 saturated carbocycles. The molecule has 0 heterocycles. The highest BCUT2D eigenvalue weighted by atomic mass is 16.4. The van der Waals surface area contributed by atoms with E-state index in [1.165, 1.54) is 0 Å². The van der Waals surface area contributed by atoms with Crippen LogP contribution in [0.15, 0.2) is 4.99 Å². The van der Waals surface area contributed by atoms with Crippen molar-refractivity contribution >= 4 is 29.7 Å². The molecule has 15 nitrogen and oxygen atoms in total. The Hall–Kier alpha value is -3.01. The van der Waals surface area contributed by atoms with Crippen LogP contribution >= 0.6 is 0 Å². The monoisotopic (exact) mass is 476 g/mol. The summed E-state index contributed by atoms with van der Waals surface area (Å²) in [5.74, 6) is -4.11. The number of nitrogens with zero attached hydrogens (tertiary/aromatic N) is 1. The Labute approximate surface area is 191 Å². The van der Waals surface area contributed by atoms with Crippen molar-refractivity contribution in [2.45, 2.75) is 56.3 Å². The fraction of sp³-hybridized carbons (Fsp3) is 0.722.